The first kappa shape index (κ1) is 23.2. The van der Waals surface area contributed by atoms with Gasteiger partial charge in [0.05, 0.1) is 0 Å². The standard InChI is InChI=1S/C21H21BrClN5O2S/c1-3-12(2)17(25-20(30)24-16-6-4-5-14(22)11-16)18(29)26-21-28-27-19(31-21)13-7-9-15(23)10-8-13/h4-12,17H,3H2,1-2H3,(H2,24,25,30)(H,26,28,29). The van der Waals surface area contributed by atoms with Crippen molar-refractivity contribution in [1.82, 2.24) is 15.5 Å². The molecule has 0 fully saturated rings. The number of hydrogen-bond acceptors (Lipinski definition) is 5. The number of benzene rings is 2. The lowest BCUT2D eigenvalue weighted by Crippen LogP contribution is -2.49. The maximum Gasteiger partial charge on any atom is 0.319 e. The molecule has 0 spiro atoms. The van der Waals surface area contributed by atoms with Gasteiger partial charge in [-0.05, 0) is 36.2 Å². The van der Waals surface area contributed by atoms with Crippen molar-refractivity contribution in [2.24, 2.45) is 5.92 Å². The maximum atomic E-state index is 12.9. The summed E-state index contributed by atoms with van der Waals surface area (Å²) in [5, 5.41) is 18.1. The van der Waals surface area contributed by atoms with Gasteiger partial charge in [-0.15, -0.1) is 10.2 Å². The molecule has 31 heavy (non-hydrogen) atoms. The molecule has 2 atom stereocenters. The molecule has 0 bridgehead atoms. The molecule has 1 heterocycles. The number of aromatic nitrogens is 2. The highest BCUT2D eigenvalue weighted by molar-refractivity contribution is 9.10. The number of nitrogens with zero attached hydrogens (tertiary/aromatic N) is 2. The second kappa shape index (κ2) is 10.7. The summed E-state index contributed by atoms with van der Waals surface area (Å²) in [7, 11) is 0. The molecule has 10 heteroatoms. The first-order valence-corrected chi connectivity index (χ1v) is 11.6. The SMILES string of the molecule is CCC(C)C(NC(=O)Nc1cccc(Br)c1)C(=O)Nc1nnc(-c2ccc(Cl)cc2)s1. The van der Waals surface area contributed by atoms with E-state index in [-0.39, 0.29) is 11.8 Å². The van der Waals surface area contributed by atoms with E-state index >= 15 is 0 Å². The van der Waals surface area contributed by atoms with Crippen molar-refractivity contribution in [3.63, 3.8) is 0 Å². The molecule has 7 nitrogen and oxygen atoms in total. The number of hydrogen-bond donors (Lipinski definition) is 3. The zero-order chi connectivity index (χ0) is 22.4. The predicted molar refractivity (Wildman–Crippen MR) is 129 cm³/mol. The van der Waals surface area contributed by atoms with E-state index in [0.717, 1.165) is 10.0 Å². The Morgan fingerprint density at radius 1 is 1.13 bits per heavy atom. The average molecular weight is 523 g/mol. The number of halogens is 2. The van der Waals surface area contributed by atoms with Gasteiger partial charge in [-0.25, -0.2) is 4.79 Å². The van der Waals surface area contributed by atoms with Gasteiger partial charge in [-0.1, -0.05) is 77.3 Å². The van der Waals surface area contributed by atoms with Crippen molar-refractivity contribution < 1.29 is 9.59 Å². The van der Waals surface area contributed by atoms with Crippen molar-refractivity contribution >= 4 is 61.6 Å². The normalized spacial score (nSPS) is 12.6. The van der Waals surface area contributed by atoms with E-state index < -0.39 is 12.1 Å². The first-order chi connectivity index (χ1) is 14.9. The predicted octanol–water partition coefficient (Wildman–Crippen LogP) is 5.80. The Labute approximate surface area is 197 Å². The van der Waals surface area contributed by atoms with Crippen LogP contribution in [0.25, 0.3) is 10.6 Å². The van der Waals surface area contributed by atoms with Crippen LogP contribution in [0, 0.1) is 5.92 Å². The summed E-state index contributed by atoms with van der Waals surface area (Å²) < 4.78 is 0.842. The fourth-order valence-electron chi connectivity index (χ4n) is 2.74. The van der Waals surface area contributed by atoms with Gasteiger partial charge in [0, 0.05) is 20.7 Å². The van der Waals surface area contributed by atoms with Gasteiger partial charge >= 0.3 is 6.03 Å². The van der Waals surface area contributed by atoms with Gasteiger partial charge in [0.15, 0.2) is 0 Å². The van der Waals surface area contributed by atoms with E-state index in [1.807, 2.05) is 38.1 Å². The van der Waals surface area contributed by atoms with Gasteiger partial charge in [0.25, 0.3) is 0 Å². The number of anilines is 2. The Bertz CT molecular complexity index is 1060. The van der Waals surface area contributed by atoms with Crippen molar-refractivity contribution in [3.05, 3.63) is 58.0 Å². The molecule has 3 amide bonds. The summed E-state index contributed by atoms with van der Waals surface area (Å²) in [5.41, 5.74) is 1.47. The molecule has 1 aromatic heterocycles. The zero-order valence-electron chi connectivity index (χ0n) is 16.9. The quantitative estimate of drug-likeness (QED) is 0.366. The number of carbonyl (C=O) groups is 2. The average Bonchev–Trinajstić information content (AvgIpc) is 3.20. The Kier molecular flexibility index (Phi) is 8.00. The smallest absolute Gasteiger partial charge is 0.319 e. The minimum absolute atomic E-state index is 0.0862. The lowest BCUT2D eigenvalue weighted by molar-refractivity contribution is -0.119. The molecular weight excluding hydrogens is 502 g/mol. The van der Waals surface area contributed by atoms with Gasteiger partial charge in [0.2, 0.25) is 11.0 Å². The second-order valence-electron chi connectivity index (χ2n) is 6.88. The molecule has 2 unspecified atom stereocenters. The zero-order valence-corrected chi connectivity index (χ0v) is 20.0. The lowest BCUT2D eigenvalue weighted by Gasteiger charge is -2.23. The summed E-state index contributed by atoms with van der Waals surface area (Å²) in [6, 6.07) is 13.2. The monoisotopic (exact) mass is 521 g/mol. The number of carbonyl (C=O) groups excluding carboxylic acids is 2. The van der Waals surface area contributed by atoms with Crippen LogP contribution in [0.1, 0.15) is 20.3 Å². The Balaban J connectivity index is 1.67. The van der Waals surface area contributed by atoms with Crippen LogP contribution in [0.15, 0.2) is 53.0 Å². The molecule has 162 valence electrons. The van der Waals surface area contributed by atoms with Crippen LogP contribution in [0.3, 0.4) is 0 Å². The van der Waals surface area contributed by atoms with Crippen LogP contribution in [-0.2, 0) is 4.79 Å². The van der Waals surface area contributed by atoms with E-state index in [4.69, 9.17) is 11.6 Å². The lowest BCUT2D eigenvalue weighted by atomic mass is 9.98. The highest BCUT2D eigenvalue weighted by atomic mass is 79.9. The molecule has 3 N–H and O–H groups in total. The first-order valence-electron chi connectivity index (χ1n) is 9.59. The summed E-state index contributed by atoms with van der Waals surface area (Å²) in [5.74, 6) is -0.436. The summed E-state index contributed by atoms with van der Waals surface area (Å²) >= 11 is 10.5. The number of amides is 3. The molecule has 0 radical (unpaired) electrons. The second-order valence-corrected chi connectivity index (χ2v) is 9.21. The summed E-state index contributed by atoms with van der Waals surface area (Å²) in [6.45, 7) is 3.87. The molecule has 0 saturated heterocycles. The number of rotatable bonds is 7. The molecule has 3 rings (SSSR count). The molecule has 0 aliphatic rings. The van der Waals surface area contributed by atoms with Gasteiger partial charge < -0.3 is 10.6 Å². The third-order valence-corrected chi connectivity index (χ3v) is 6.24. The van der Waals surface area contributed by atoms with Gasteiger partial charge in [-0.2, -0.15) is 0 Å². The summed E-state index contributed by atoms with van der Waals surface area (Å²) in [6.07, 6.45) is 0.710. The van der Waals surface area contributed by atoms with E-state index in [1.165, 1.54) is 11.3 Å². The van der Waals surface area contributed by atoms with Gasteiger partial charge in [-0.3, -0.25) is 10.1 Å². The molecule has 0 saturated carbocycles. The van der Waals surface area contributed by atoms with Crippen molar-refractivity contribution in [2.45, 2.75) is 26.3 Å². The molecule has 2 aromatic carbocycles. The maximum absolute atomic E-state index is 12.9. The third kappa shape index (κ3) is 6.49. The van der Waals surface area contributed by atoms with E-state index in [2.05, 4.69) is 42.1 Å². The van der Waals surface area contributed by atoms with Crippen LogP contribution in [-0.4, -0.2) is 28.2 Å². The van der Waals surface area contributed by atoms with Crippen LogP contribution < -0.4 is 16.0 Å². The number of nitrogens with one attached hydrogen (secondary N) is 3. The van der Waals surface area contributed by atoms with Crippen molar-refractivity contribution in [3.8, 4) is 10.6 Å². The van der Waals surface area contributed by atoms with E-state index in [0.29, 0.717) is 27.3 Å². The molecular formula is C21H21BrClN5O2S. The fraction of sp³-hybridized carbons (Fsp3) is 0.238. The minimum Gasteiger partial charge on any atom is -0.326 e. The summed E-state index contributed by atoms with van der Waals surface area (Å²) in [4.78, 5) is 25.4. The van der Waals surface area contributed by atoms with E-state index in [1.54, 1.807) is 24.3 Å². The van der Waals surface area contributed by atoms with Crippen LogP contribution >= 0.6 is 38.9 Å². The van der Waals surface area contributed by atoms with Crippen molar-refractivity contribution in [1.29, 1.82) is 0 Å². The van der Waals surface area contributed by atoms with Crippen molar-refractivity contribution in [2.75, 3.05) is 10.6 Å². The molecule has 3 aromatic rings. The van der Waals surface area contributed by atoms with Crippen LogP contribution in [0.4, 0.5) is 15.6 Å². The Hall–Kier alpha value is -2.49. The topological polar surface area (TPSA) is 96.0 Å². The Morgan fingerprint density at radius 3 is 2.55 bits per heavy atom. The number of urea groups is 1. The van der Waals surface area contributed by atoms with Gasteiger partial charge in [0.1, 0.15) is 11.0 Å². The molecule has 0 aliphatic heterocycles. The largest absolute Gasteiger partial charge is 0.326 e. The molecule has 0 aliphatic carbocycles. The Morgan fingerprint density at radius 2 is 1.87 bits per heavy atom. The highest BCUT2D eigenvalue weighted by Crippen LogP contribution is 2.27. The minimum atomic E-state index is -0.736. The fourth-order valence-corrected chi connectivity index (χ4v) is 4.02. The van der Waals surface area contributed by atoms with Crippen LogP contribution in [0.2, 0.25) is 5.02 Å². The van der Waals surface area contributed by atoms with E-state index in [9.17, 15) is 9.59 Å². The third-order valence-electron chi connectivity index (χ3n) is 4.61. The van der Waals surface area contributed by atoms with Crippen LogP contribution in [0.5, 0.6) is 0 Å². The highest BCUT2D eigenvalue weighted by Gasteiger charge is 2.27.